The van der Waals surface area contributed by atoms with Gasteiger partial charge >= 0.3 is 0 Å². The molecule has 0 amide bonds. The fourth-order valence-corrected chi connectivity index (χ4v) is 2.17. The number of aromatic nitrogens is 2. The Labute approximate surface area is 119 Å². The SMILES string of the molecule is CCCN(CC)c1cc(Cl)nc(-c2ccccc2)n1. The summed E-state index contributed by atoms with van der Waals surface area (Å²) >= 11 is 6.12. The standard InChI is InChI=1S/C15H18ClN3/c1-3-10-19(4-2)14-11-13(16)17-15(18-14)12-8-6-5-7-9-12/h5-9,11H,3-4,10H2,1-2H3. The van der Waals surface area contributed by atoms with Crippen molar-refractivity contribution in [1.29, 1.82) is 0 Å². The highest BCUT2D eigenvalue weighted by Gasteiger charge is 2.10. The van der Waals surface area contributed by atoms with E-state index in [0.717, 1.165) is 30.9 Å². The minimum Gasteiger partial charge on any atom is -0.357 e. The second-order valence-corrected chi connectivity index (χ2v) is 4.71. The van der Waals surface area contributed by atoms with Gasteiger partial charge in [0.25, 0.3) is 0 Å². The molecule has 100 valence electrons. The summed E-state index contributed by atoms with van der Waals surface area (Å²) in [4.78, 5) is 11.1. The lowest BCUT2D eigenvalue weighted by atomic mass is 10.2. The molecule has 2 rings (SSSR count). The molecule has 0 aliphatic carbocycles. The van der Waals surface area contributed by atoms with E-state index >= 15 is 0 Å². The van der Waals surface area contributed by atoms with Crippen molar-refractivity contribution in [1.82, 2.24) is 9.97 Å². The Hall–Kier alpha value is -1.61. The molecule has 1 aromatic heterocycles. The number of anilines is 1. The Bertz CT molecular complexity index is 528. The van der Waals surface area contributed by atoms with Crippen LogP contribution in [0.1, 0.15) is 20.3 Å². The van der Waals surface area contributed by atoms with Crippen molar-refractivity contribution in [2.24, 2.45) is 0 Å². The minimum atomic E-state index is 0.485. The van der Waals surface area contributed by atoms with Crippen LogP contribution in [0.4, 0.5) is 5.82 Å². The van der Waals surface area contributed by atoms with Gasteiger partial charge in [-0.3, -0.25) is 0 Å². The number of rotatable bonds is 5. The zero-order valence-electron chi connectivity index (χ0n) is 11.3. The van der Waals surface area contributed by atoms with E-state index in [9.17, 15) is 0 Å². The molecule has 0 saturated carbocycles. The monoisotopic (exact) mass is 275 g/mol. The Morgan fingerprint density at radius 3 is 2.47 bits per heavy atom. The third-order valence-electron chi connectivity index (χ3n) is 2.91. The zero-order chi connectivity index (χ0) is 13.7. The maximum atomic E-state index is 6.12. The second-order valence-electron chi connectivity index (χ2n) is 4.32. The normalized spacial score (nSPS) is 10.5. The molecule has 0 aliphatic rings. The van der Waals surface area contributed by atoms with Gasteiger partial charge in [0, 0.05) is 24.7 Å². The van der Waals surface area contributed by atoms with E-state index in [2.05, 4.69) is 28.7 Å². The largest absolute Gasteiger partial charge is 0.357 e. The topological polar surface area (TPSA) is 29.0 Å². The summed E-state index contributed by atoms with van der Waals surface area (Å²) in [5, 5.41) is 0.485. The van der Waals surface area contributed by atoms with Crippen molar-refractivity contribution in [3.8, 4) is 11.4 Å². The quantitative estimate of drug-likeness (QED) is 0.772. The lowest BCUT2D eigenvalue weighted by molar-refractivity contribution is 0.777. The number of hydrogen-bond donors (Lipinski definition) is 0. The molecule has 19 heavy (non-hydrogen) atoms. The molecule has 0 atom stereocenters. The van der Waals surface area contributed by atoms with Crippen molar-refractivity contribution in [3.05, 3.63) is 41.6 Å². The number of nitrogens with zero attached hydrogens (tertiary/aromatic N) is 3. The summed E-state index contributed by atoms with van der Waals surface area (Å²) in [5.74, 6) is 1.57. The lowest BCUT2D eigenvalue weighted by Gasteiger charge is -2.21. The van der Waals surface area contributed by atoms with Gasteiger partial charge in [0.2, 0.25) is 0 Å². The van der Waals surface area contributed by atoms with E-state index in [1.807, 2.05) is 36.4 Å². The molecule has 0 bridgehead atoms. The first-order valence-electron chi connectivity index (χ1n) is 6.59. The van der Waals surface area contributed by atoms with Crippen LogP contribution in [0.5, 0.6) is 0 Å². The van der Waals surface area contributed by atoms with Crippen molar-refractivity contribution in [2.45, 2.75) is 20.3 Å². The van der Waals surface area contributed by atoms with Crippen LogP contribution in [-0.4, -0.2) is 23.1 Å². The molecular weight excluding hydrogens is 258 g/mol. The first kappa shape index (κ1) is 13.8. The fraction of sp³-hybridized carbons (Fsp3) is 0.333. The molecule has 4 heteroatoms. The summed E-state index contributed by atoms with van der Waals surface area (Å²) in [6.45, 7) is 6.16. The fourth-order valence-electron chi connectivity index (χ4n) is 1.99. The first-order valence-corrected chi connectivity index (χ1v) is 6.97. The molecule has 0 N–H and O–H groups in total. The summed E-state index contributed by atoms with van der Waals surface area (Å²) in [7, 11) is 0. The summed E-state index contributed by atoms with van der Waals surface area (Å²) in [6, 6.07) is 11.7. The highest BCUT2D eigenvalue weighted by molar-refractivity contribution is 6.29. The van der Waals surface area contributed by atoms with Crippen LogP contribution >= 0.6 is 11.6 Å². The molecule has 0 saturated heterocycles. The predicted octanol–water partition coefficient (Wildman–Crippen LogP) is 4.03. The van der Waals surface area contributed by atoms with Crippen molar-refractivity contribution >= 4 is 17.4 Å². The highest BCUT2D eigenvalue weighted by atomic mass is 35.5. The molecular formula is C15H18ClN3. The maximum Gasteiger partial charge on any atom is 0.163 e. The maximum absolute atomic E-state index is 6.12. The zero-order valence-corrected chi connectivity index (χ0v) is 12.1. The van der Waals surface area contributed by atoms with Crippen LogP contribution in [-0.2, 0) is 0 Å². The number of hydrogen-bond acceptors (Lipinski definition) is 3. The van der Waals surface area contributed by atoms with Crippen molar-refractivity contribution < 1.29 is 0 Å². The first-order chi connectivity index (χ1) is 9.24. The van der Waals surface area contributed by atoms with Crippen LogP contribution < -0.4 is 4.90 Å². The molecule has 0 aliphatic heterocycles. The van der Waals surface area contributed by atoms with Crippen LogP contribution in [0.3, 0.4) is 0 Å². The van der Waals surface area contributed by atoms with Gasteiger partial charge in [-0.2, -0.15) is 0 Å². The molecule has 0 spiro atoms. The van der Waals surface area contributed by atoms with E-state index in [1.165, 1.54) is 0 Å². The molecule has 0 fully saturated rings. The summed E-state index contributed by atoms with van der Waals surface area (Å²) in [6.07, 6.45) is 1.08. The van der Waals surface area contributed by atoms with Gasteiger partial charge in [-0.05, 0) is 13.3 Å². The van der Waals surface area contributed by atoms with Gasteiger partial charge in [-0.25, -0.2) is 9.97 Å². The van der Waals surface area contributed by atoms with Gasteiger partial charge in [0.15, 0.2) is 5.82 Å². The van der Waals surface area contributed by atoms with E-state index in [0.29, 0.717) is 11.0 Å². The Kier molecular flexibility index (Phi) is 4.74. The van der Waals surface area contributed by atoms with E-state index in [4.69, 9.17) is 11.6 Å². The average Bonchev–Trinajstić information content (AvgIpc) is 2.45. The van der Waals surface area contributed by atoms with Crippen LogP contribution in [0.2, 0.25) is 5.15 Å². The van der Waals surface area contributed by atoms with Crippen molar-refractivity contribution in [2.75, 3.05) is 18.0 Å². The predicted molar refractivity (Wildman–Crippen MR) is 80.7 cm³/mol. The molecule has 0 radical (unpaired) electrons. The molecule has 2 aromatic rings. The van der Waals surface area contributed by atoms with Gasteiger partial charge in [0.1, 0.15) is 11.0 Å². The number of benzene rings is 1. The van der Waals surface area contributed by atoms with E-state index in [1.54, 1.807) is 0 Å². The smallest absolute Gasteiger partial charge is 0.163 e. The molecule has 1 heterocycles. The molecule has 3 nitrogen and oxygen atoms in total. The van der Waals surface area contributed by atoms with Crippen LogP contribution in [0.25, 0.3) is 11.4 Å². The van der Waals surface area contributed by atoms with Gasteiger partial charge in [0.05, 0.1) is 0 Å². The third-order valence-corrected chi connectivity index (χ3v) is 3.11. The Balaban J connectivity index is 2.39. The van der Waals surface area contributed by atoms with E-state index < -0.39 is 0 Å². The van der Waals surface area contributed by atoms with Gasteiger partial charge in [-0.15, -0.1) is 0 Å². The highest BCUT2D eigenvalue weighted by Crippen LogP contribution is 2.22. The van der Waals surface area contributed by atoms with Crippen LogP contribution in [0, 0.1) is 0 Å². The third kappa shape index (κ3) is 3.44. The van der Waals surface area contributed by atoms with Crippen molar-refractivity contribution in [3.63, 3.8) is 0 Å². The summed E-state index contributed by atoms with van der Waals surface area (Å²) in [5.41, 5.74) is 0.985. The second kappa shape index (κ2) is 6.53. The summed E-state index contributed by atoms with van der Waals surface area (Å²) < 4.78 is 0. The Morgan fingerprint density at radius 1 is 1.11 bits per heavy atom. The molecule has 0 unspecified atom stereocenters. The molecule has 1 aromatic carbocycles. The minimum absolute atomic E-state index is 0.485. The van der Waals surface area contributed by atoms with Gasteiger partial charge < -0.3 is 4.90 Å². The Morgan fingerprint density at radius 2 is 1.84 bits per heavy atom. The number of halogens is 1. The lowest BCUT2D eigenvalue weighted by Crippen LogP contribution is -2.24. The van der Waals surface area contributed by atoms with Crippen LogP contribution in [0.15, 0.2) is 36.4 Å². The average molecular weight is 276 g/mol. The van der Waals surface area contributed by atoms with Gasteiger partial charge in [-0.1, -0.05) is 48.9 Å². The van der Waals surface area contributed by atoms with E-state index in [-0.39, 0.29) is 0 Å².